The minimum absolute atomic E-state index is 0.356. The lowest BCUT2D eigenvalue weighted by molar-refractivity contribution is -0.107. The minimum atomic E-state index is 0.356. The Bertz CT molecular complexity index is 163. The average Bonchev–Trinajstić information content (AvgIpc) is 2.04. The zero-order valence-corrected chi connectivity index (χ0v) is 6.75. The van der Waals surface area contributed by atoms with Crippen LogP contribution in [0.5, 0.6) is 0 Å². The molecule has 0 saturated heterocycles. The minimum Gasteiger partial charge on any atom is -0.327 e. The first kappa shape index (κ1) is 8.47. The molecule has 0 aromatic carbocycles. The molecule has 0 fully saturated rings. The van der Waals surface area contributed by atoms with Crippen molar-refractivity contribution in [3.05, 3.63) is 11.6 Å². The molecule has 11 heavy (non-hydrogen) atoms. The van der Waals surface area contributed by atoms with Crippen molar-refractivity contribution in [2.75, 3.05) is 0 Å². The largest absolute Gasteiger partial charge is 0.327 e. The first-order valence-corrected chi connectivity index (χ1v) is 4.20. The van der Waals surface area contributed by atoms with Crippen molar-refractivity contribution in [2.45, 2.75) is 38.1 Å². The Morgan fingerprint density at radius 1 is 1.73 bits per heavy atom. The molecule has 0 spiro atoms. The van der Waals surface area contributed by atoms with E-state index in [-0.39, 0.29) is 0 Å². The zero-order valence-electron chi connectivity index (χ0n) is 6.75. The fourth-order valence-electron chi connectivity index (χ4n) is 1.38. The third-order valence-corrected chi connectivity index (χ3v) is 2.13. The van der Waals surface area contributed by atoms with Gasteiger partial charge in [-0.25, -0.2) is 0 Å². The molecule has 62 valence electrons. The fraction of sp³-hybridized carbons (Fsp3) is 0.667. The predicted octanol–water partition coefficient (Wildman–Crippen LogP) is 1.40. The van der Waals surface area contributed by atoms with Crippen LogP contribution in [0.15, 0.2) is 11.6 Å². The number of aldehydes is 1. The van der Waals surface area contributed by atoms with Crippen LogP contribution < -0.4 is 5.73 Å². The number of hydrogen-bond acceptors (Lipinski definition) is 2. The van der Waals surface area contributed by atoms with Crippen LogP contribution in [-0.4, -0.2) is 12.3 Å². The Hall–Kier alpha value is -0.630. The Morgan fingerprint density at radius 2 is 2.55 bits per heavy atom. The van der Waals surface area contributed by atoms with Crippen LogP contribution >= 0.6 is 0 Å². The van der Waals surface area contributed by atoms with E-state index < -0.39 is 0 Å². The van der Waals surface area contributed by atoms with E-state index in [0.717, 1.165) is 32.0 Å². The second-order valence-corrected chi connectivity index (χ2v) is 3.10. The van der Waals surface area contributed by atoms with Crippen LogP contribution in [0.1, 0.15) is 32.1 Å². The van der Waals surface area contributed by atoms with E-state index in [1.807, 2.05) is 0 Å². The summed E-state index contributed by atoms with van der Waals surface area (Å²) in [7, 11) is 0. The Balaban J connectivity index is 2.29. The topological polar surface area (TPSA) is 43.1 Å². The van der Waals surface area contributed by atoms with Crippen LogP contribution in [0, 0.1) is 0 Å². The summed E-state index contributed by atoms with van der Waals surface area (Å²) in [4.78, 5) is 10.1. The molecular formula is C9H15NO. The average molecular weight is 153 g/mol. The van der Waals surface area contributed by atoms with Gasteiger partial charge in [0, 0.05) is 12.5 Å². The molecule has 2 nitrogen and oxygen atoms in total. The molecule has 2 heteroatoms. The maximum Gasteiger partial charge on any atom is 0.120 e. The van der Waals surface area contributed by atoms with Gasteiger partial charge in [0.1, 0.15) is 6.29 Å². The van der Waals surface area contributed by atoms with Crippen molar-refractivity contribution in [3.8, 4) is 0 Å². The Morgan fingerprint density at radius 3 is 3.09 bits per heavy atom. The van der Waals surface area contributed by atoms with Crippen molar-refractivity contribution >= 4 is 6.29 Å². The van der Waals surface area contributed by atoms with Gasteiger partial charge in [-0.2, -0.15) is 0 Å². The van der Waals surface area contributed by atoms with Crippen LogP contribution in [0.2, 0.25) is 0 Å². The summed E-state index contributed by atoms with van der Waals surface area (Å²) in [5.74, 6) is 0. The molecular weight excluding hydrogens is 138 g/mol. The maximum atomic E-state index is 10.1. The van der Waals surface area contributed by atoms with Gasteiger partial charge in [0.2, 0.25) is 0 Å². The molecule has 0 amide bonds. The highest BCUT2D eigenvalue weighted by Gasteiger charge is 2.09. The smallest absolute Gasteiger partial charge is 0.120 e. The normalized spacial score (nSPS) is 24.5. The maximum absolute atomic E-state index is 10.1. The second kappa shape index (κ2) is 4.29. The van der Waals surface area contributed by atoms with Gasteiger partial charge in [-0.3, -0.25) is 0 Å². The van der Waals surface area contributed by atoms with E-state index in [2.05, 4.69) is 6.08 Å². The molecule has 1 atom stereocenters. The summed E-state index contributed by atoms with van der Waals surface area (Å²) >= 11 is 0. The lowest BCUT2D eigenvalue weighted by atomic mass is 9.93. The Kier molecular flexibility index (Phi) is 3.30. The van der Waals surface area contributed by atoms with E-state index in [4.69, 9.17) is 5.73 Å². The monoisotopic (exact) mass is 153 g/mol. The summed E-state index contributed by atoms with van der Waals surface area (Å²) in [6.07, 6.45) is 7.96. The standard InChI is InChI=1S/C9H15NO/c10-9-5-3-8(4-6-9)2-1-7-11/h3,7,9H,1-2,4-6,10H2. The van der Waals surface area contributed by atoms with Crippen molar-refractivity contribution in [1.82, 2.24) is 0 Å². The van der Waals surface area contributed by atoms with Gasteiger partial charge in [-0.15, -0.1) is 0 Å². The van der Waals surface area contributed by atoms with Gasteiger partial charge in [-0.1, -0.05) is 11.6 Å². The lowest BCUT2D eigenvalue weighted by Crippen LogP contribution is -2.21. The van der Waals surface area contributed by atoms with Gasteiger partial charge in [0.15, 0.2) is 0 Å². The molecule has 0 aromatic rings. The van der Waals surface area contributed by atoms with Crippen molar-refractivity contribution in [3.63, 3.8) is 0 Å². The summed E-state index contributed by atoms with van der Waals surface area (Å²) in [6.45, 7) is 0. The molecule has 1 unspecified atom stereocenters. The summed E-state index contributed by atoms with van der Waals surface area (Å²) in [5.41, 5.74) is 7.13. The second-order valence-electron chi connectivity index (χ2n) is 3.10. The van der Waals surface area contributed by atoms with Gasteiger partial charge in [0.05, 0.1) is 0 Å². The molecule has 1 rings (SSSR count). The highest BCUT2D eigenvalue weighted by molar-refractivity contribution is 5.49. The zero-order chi connectivity index (χ0) is 8.10. The van der Waals surface area contributed by atoms with Gasteiger partial charge in [-0.05, 0) is 25.7 Å². The van der Waals surface area contributed by atoms with Crippen LogP contribution in [-0.2, 0) is 4.79 Å². The van der Waals surface area contributed by atoms with Crippen LogP contribution in [0.4, 0.5) is 0 Å². The van der Waals surface area contributed by atoms with Gasteiger partial charge >= 0.3 is 0 Å². The highest BCUT2D eigenvalue weighted by atomic mass is 16.1. The summed E-state index contributed by atoms with van der Waals surface area (Å²) < 4.78 is 0. The van der Waals surface area contributed by atoms with Crippen LogP contribution in [0.25, 0.3) is 0 Å². The number of nitrogens with two attached hydrogens (primary N) is 1. The molecule has 1 aliphatic carbocycles. The van der Waals surface area contributed by atoms with Crippen molar-refractivity contribution in [1.29, 1.82) is 0 Å². The number of hydrogen-bond donors (Lipinski definition) is 1. The third kappa shape index (κ3) is 2.85. The number of rotatable bonds is 3. The van der Waals surface area contributed by atoms with E-state index >= 15 is 0 Å². The third-order valence-electron chi connectivity index (χ3n) is 2.13. The van der Waals surface area contributed by atoms with E-state index in [1.54, 1.807) is 0 Å². The summed E-state index contributed by atoms with van der Waals surface area (Å²) in [6, 6.07) is 0.356. The molecule has 0 radical (unpaired) electrons. The quantitative estimate of drug-likeness (QED) is 0.492. The van der Waals surface area contributed by atoms with E-state index in [1.165, 1.54) is 5.57 Å². The molecule has 0 aromatic heterocycles. The molecule has 0 saturated carbocycles. The first-order valence-electron chi connectivity index (χ1n) is 4.20. The van der Waals surface area contributed by atoms with Crippen LogP contribution in [0.3, 0.4) is 0 Å². The predicted molar refractivity (Wildman–Crippen MR) is 45.2 cm³/mol. The molecule has 2 N–H and O–H groups in total. The van der Waals surface area contributed by atoms with Crippen molar-refractivity contribution < 1.29 is 4.79 Å². The molecule has 0 heterocycles. The summed E-state index contributed by atoms with van der Waals surface area (Å²) in [5, 5.41) is 0. The SMILES string of the molecule is NC1CC=C(CCC=O)CC1. The Labute approximate surface area is 67.5 Å². The molecule has 0 aliphatic heterocycles. The van der Waals surface area contributed by atoms with Gasteiger partial charge in [0.25, 0.3) is 0 Å². The fourth-order valence-corrected chi connectivity index (χ4v) is 1.38. The molecule has 0 bridgehead atoms. The number of carbonyl (C=O) groups excluding carboxylic acids is 1. The van der Waals surface area contributed by atoms with E-state index in [9.17, 15) is 4.79 Å². The highest BCUT2D eigenvalue weighted by Crippen LogP contribution is 2.19. The number of carbonyl (C=O) groups is 1. The van der Waals surface area contributed by atoms with Crippen molar-refractivity contribution in [2.24, 2.45) is 5.73 Å². The lowest BCUT2D eigenvalue weighted by Gasteiger charge is -2.17. The first-order chi connectivity index (χ1) is 5.33. The van der Waals surface area contributed by atoms with E-state index in [0.29, 0.717) is 12.5 Å². The number of allylic oxidation sites excluding steroid dienone is 1. The molecule has 1 aliphatic rings. The van der Waals surface area contributed by atoms with Gasteiger partial charge < -0.3 is 10.5 Å².